The molecule has 0 spiro atoms. The lowest BCUT2D eigenvalue weighted by atomic mass is 9.84. The predicted octanol–water partition coefficient (Wildman–Crippen LogP) is 5.30. The Hall–Kier alpha value is -2.80. The molecule has 3 aromatic carbocycles. The molecule has 1 N–H and O–H groups in total. The number of hydrogen-bond donors (Lipinski definition) is 1. The SMILES string of the molecule is C=CCc1cc(C(c2ccccc2)c2ccccc2)ccc1O. The van der Waals surface area contributed by atoms with Crippen LogP contribution in [-0.2, 0) is 6.42 Å². The van der Waals surface area contributed by atoms with E-state index in [0.29, 0.717) is 12.2 Å². The fourth-order valence-corrected chi connectivity index (χ4v) is 2.97. The van der Waals surface area contributed by atoms with E-state index in [4.69, 9.17) is 0 Å². The van der Waals surface area contributed by atoms with Gasteiger partial charge in [0.05, 0.1) is 0 Å². The summed E-state index contributed by atoms with van der Waals surface area (Å²) < 4.78 is 0. The molecule has 0 saturated heterocycles. The molecule has 0 aliphatic carbocycles. The second-order valence-electron chi connectivity index (χ2n) is 5.64. The maximum absolute atomic E-state index is 10.0. The van der Waals surface area contributed by atoms with Gasteiger partial charge in [-0.15, -0.1) is 6.58 Å². The first-order valence-electron chi connectivity index (χ1n) is 7.82. The van der Waals surface area contributed by atoms with Crippen LogP contribution in [0.15, 0.2) is 91.5 Å². The van der Waals surface area contributed by atoms with E-state index < -0.39 is 0 Å². The lowest BCUT2D eigenvalue weighted by molar-refractivity contribution is 0.469. The van der Waals surface area contributed by atoms with Crippen LogP contribution in [0.2, 0.25) is 0 Å². The van der Waals surface area contributed by atoms with Crippen molar-refractivity contribution in [1.29, 1.82) is 0 Å². The van der Waals surface area contributed by atoms with E-state index in [2.05, 4.69) is 61.2 Å². The molecule has 0 aliphatic heterocycles. The Morgan fingerprint density at radius 1 is 0.783 bits per heavy atom. The highest BCUT2D eigenvalue weighted by atomic mass is 16.3. The second-order valence-corrected chi connectivity index (χ2v) is 5.64. The van der Waals surface area contributed by atoms with E-state index in [1.54, 1.807) is 6.07 Å². The van der Waals surface area contributed by atoms with Gasteiger partial charge >= 0.3 is 0 Å². The van der Waals surface area contributed by atoms with E-state index in [1.165, 1.54) is 16.7 Å². The van der Waals surface area contributed by atoms with Crippen molar-refractivity contribution >= 4 is 0 Å². The average Bonchev–Trinajstić information content (AvgIpc) is 2.60. The standard InChI is InChI=1S/C22H20O/c1-2-9-19-16-20(14-15-21(19)23)22(17-10-5-3-6-11-17)18-12-7-4-8-13-18/h2-8,10-16,22-23H,1,9H2. The number of hydrogen-bond acceptors (Lipinski definition) is 1. The molecule has 0 bridgehead atoms. The zero-order valence-electron chi connectivity index (χ0n) is 13.0. The molecule has 1 heteroatoms. The topological polar surface area (TPSA) is 20.2 Å². The van der Waals surface area contributed by atoms with Crippen molar-refractivity contribution in [2.24, 2.45) is 0 Å². The van der Waals surface area contributed by atoms with Gasteiger partial charge in [0.2, 0.25) is 0 Å². The third-order valence-electron chi connectivity index (χ3n) is 4.07. The first kappa shape index (κ1) is 15.1. The summed E-state index contributed by atoms with van der Waals surface area (Å²) in [7, 11) is 0. The molecule has 0 aromatic heterocycles. The third-order valence-corrected chi connectivity index (χ3v) is 4.07. The van der Waals surface area contributed by atoms with Gasteiger partial charge in [0.1, 0.15) is 5.75 Å². The van der Waals surface area contributed by atoms with Gasteiger partial charge in [0, 0.05) is 5.92 Å². The normalized spacial score (nSPS) is 10.7. The summed E-state index contributed by atoms with van der Waals surface area (Å²) in [5, 5.41) is 10.0. The summed E-state index contributed by atoms with van der Waals surface area (Å²) in [6.45, 7) is 3.78. The quantitative estimate of drug-likeness (QED) is 0.500. The molecule has 0 aliphatic rings. The van der Waals surface area contributed by atoms with Gasteiger partial charge in [-0.2, -0.15) is 0 Å². The van der Waals surface area contributed by atoms with Crippen molar-refractivity contribution < 1.29 is 5.11 Å². The Morgan fingerprint density at radius 3 is 1.87 bits per heavy atom. The summed E-state index contributed by atoms with van der Waals surface area (Å²) in [6.07, 6.45) is 2.48. The number of aromatic hydroxyl groups is 1. The summed E-state index contributed by atoms with van der Waals surface area (Å²) in [6, 6.07) is 26.8. The molecular weight excluding hydrogens is 280 g/mol. The maximum Gasteiger partial charge on any atom is 0.119 e. The molecule has 0 heterocycles. The van der Waals surface area contributed by atoms with Crippen molar-refractivity contribution in [2.75, 3.05) is 0 Å². The van der Waals surface area contributed by atoms with E-state index in [9.17, 15) is 5.11 Å². The van der Waals surface area contributed by atoms with E-state index >= 15 is 0 Å². The van der Waals surface area contributed by atoms with Crippen LogP contribution in [0, 0.1) is 0 Å². The van der Waals surface area contributed by atoms with Crippen molar-refractivity contribution in [3.05, 3.63) is 114 Å². The van der Waals surface area contributed by atoms with Crippen LogP contribution in [0.25, 0.3) is 0 Å². The van der Waals surface area contributed by atoms with Crippen molar-refractivity contribution in [3.63, 3.8) is 0 Å². The zero-order valence-corrected chi connectivity index (χ0v) is 13.0. The van der Waals surface area contributed by atoms with Crippen LogP contribution in [0.4, 0.5) is 0 Å². The Kier molecular flexibility index (Phi) is 4.58. The molecule has 0 atom stereocenters. The molecule has 0 amide bonds. The summed E-state index contributed by atoms with van der Waals surface area (Å²) in [5.41, 5.74) is 4.58. The molecule has 0 saturated carbocycles. The van der Waals surface area contributed by atoms with E-state index in [1.807, 2.05) is 24.3 Å². The van der Waals surface area contributed by atoms with Crippen molar-refractivity contribution in [1.82, 2.24) is 0 Å². The maximum atomic E-state index is 10.0. The number of rotatable bonds is 5. The minimum Gasteiger partial charge on any atom is -0.508 e. The average molecular weight is 300 g/mol. The second kappa shape index (κ2) is 6.97. The summed E-state index contributed by atoms with van der Waals surface area (Å²) in [4.78, 5) is 0. The molecule has 3 rings (SSSR count). The molecule has 3 aromatic rings. The number of phenolic OH excluding ortho intramolecular Hbond substituents is 1. The largest absolute Gasteiger partial charge is 0.508 e. The van der Waals surface area contributed by atoms with E-state index in [-0.39, 0.29) is 5.92 Å². The third kappa shape index (κ3) is 3.35. The highest BCUT2D eigenvalue weighted by Gasteiger charge is 2.17. The Labute approximate surface area is 137 Å². The van der Waals surface area contributed by atoms with Gasteiger partial charge in [-0.05, 0) is 34.7 Å². The van der Waals surface area contributed by atoms with Gasteiger partial charge < -0.3 is 5.11 Å². The van der Waals surface area contributed by atoms with Crippen LogP contribution >= 0.6 is 0 Å². The molecule has 0 unspecified atom stereocenters. The minimum atomic E-state index is 0.154. The molecule has 114 valence electrons. The molecule has 0 radical (unpaired) electrons. The fourth-order valence-electron chi connectivity index (χ4n) is 2.97. The number of benzene rings is 3. The smallest absolute Gasteiger partial charge is 0.119 e. The molecule has 1 nitrogen and oxygen atoms in total. The van der Waals surface area contributed by atoms with Crippen LogP contribution in [0.1, 0.15) is 28.2 Å². The fraction of sp³-hybridized carbons (Fsp3) is 0.0909. The highest BCUT2D eigenvalue weighted by molar-refractivity contribution is 5.47. The predicted molar refractivity (Wildman–Crippen MR) is 95.8 cm³/mol. The van der Waals surface area contributed by atoms with Gasteiger partial charge in [-0.3, -0.25) is 0 Å². The Bertz CT molecular complexity index is 736. The van der Waals surface area contributed by atoms with Crippen LogP contribution in [0.5, 0.6) is 5.75 Å². The van der Waals surface area contributed by atoms with Crippen molar-refractivity contribution in [3.8, 4) is 5.75 Å². The monoisotopic (exact) mass is 300 g/mol. The lowest BCUT2D eigenvalue weighted by Crippen LogP contribution is -2.04. The summed E-state index contributed by atoms with van der Waals surface area (Å²) in [5.74, 6) is 0.482. The first-order valence-corrected chi connectivity index (χ1v) is 7.82. The van der Waals surface area contributed by atoms with Gasteiger partial charge in [0.15, 0.2) is 0 Å². The Morgan fingerprint density at radius 2 is 1.35 bits per heavy atom. The van der Waals surface area contributed by atoms with Gasteiger partial charge in [-0.25, -0.2) is 0 Å². The Balaban J connectivity index is 2.13. The molecule has 0 fully saturated rings. The molecular formula is C22H20O. The minimum absolute atomic E-state index is 0.154. The summed E-state index contributed by atoms with van der Waals surface area (Å²) >= 11 is 0. The van der Waals surface area contributed by atoms with E-state index in [0.717, 1.165) is 5.56 Å². The zero-order chi connectivity index (χ0) is 16.1. The highest BCUT2D eigenvalue weighted by Crippen LogP contribution is 2.34. The number of phenols is 1. The lowest BCUT2D eigenvalue weighted by Gasteiger charge is -2.20. The first-order chi connectivity index (χ1) is 11.3. The molecule has 23 heavy (non-hydrogen) atoms. The number of allylic oxidation sites excluding steroid dienone is 1. The van der Waals surface area contributed by atoms with Gasteiger partial charge in [-0.1, -0.05) is 78.9 Å². The van der Waals surface area contributed by atoms with Crippen molar-refractivity contribution in [2.45, 2.75) is 12.3 Å². The van der Waals surface area contributed by atoms with Crippen LogP contribution in [0.3, 0.4) is 0 Å². The van der Waals surface area contributed by atoms with Crippen LogP contribution < -0.4 is 0 Å². The van der Waals surface area contributed by atoms with Gasteiger partial charge in [0.25, 0.3) is 0 Å². The van der Waals surface area contributed by atoms with Crippen LogP contribution in [-0.4, -0.2) is 5.11 Å².